The molecule has 0 saturated carbocycles. The lowest BCUT2D eigenvalue weighted by atomic mass is 10.2. The Morgan fingerprint density at radius 1 is 1.25 bits per heavy atom. The fourth-order valence-electron chi connectivity index (χ4n) is 1.94. The average Bonchev–Trinajstić information content (AvgIpc) is 2.29. The standard InChI is InChI=1S/C14H23FN2O2S/c1-9(2)8-17(10(3)4)20(18,19)14-7-13(16)11(5)6-12(14)15/h6-7,9-10H,8,16H2,1-5H3. The van der Waals surface area contributed by atoms with Crippen molar-refractivity contribution < 1.29 is 12.8 Å². The Labute approximate surface area is 120 Å². The third-order valence-corrected chi connectivity index (χ3v) is 5.09. The molecule has 0 aliphatic heterocycles. The summed E-state index contributed by atoms with van der Waals surface area (Å²) in [7, 11) is -3.89. The largest absolute Gasteiger partial charge is 0.398 e. The Morgan fingerprint density at radius 3 is 2.25 bits per heavy atom. The lowest BCUT2D eigenvalue weighted by Gasteiger charge is -2.27. The van der Waals surface area contributed by atoms with Crippen molar-refractivity contribution >= 4 is 15.7 Å². The molecule has 20 heavy (non-hydrogen) atoms. The normalized spacial score (nSPS) is 12.7. The van der Waals surface area contributed by atoms with Gasteiger partial charge in [-0.25, -0.2) is 12.8 Å². The van der Waals surface area contributed by atoms with Gasteiger partial charge in [-0.2, -0.15) is 4.31 Å². The van der Waals surface area contributed by atoms with Crippen LogP contribution in [0.15, 0.2) is 17.0 Å². The van der Waals surface area contributed by atoms with Crippen LogP contribution in [-0.4, -0.2) is 25.3 Å². The van der Waals surface area contributed by atoms with Gasteiger partial charge in [-0.05, 0) is 44.4 Å². The Hall–Kier alpha value is -1.14. The molecule has 0 heterocycles. The molecule has 0 saturated heterocycles. The molecule has 0 amide bonds. The second-order valence-electron chi connectivity index (χ2n) is 5.70. The molecule has 1 aromatic rings. The minimum Gasteiger partial charge on any atom is -0.398 e. The van der Waals surface area contributed by atoms with E-state index >= 15 is 0 Å². The summed E-state index contributed by atoms with van der Waals surface area (Å²) in [6.07, 6.45) is 0. The SMILES string of the molecule is Cc1cc(F)c(S(=O)(=O)N(CC(C)C)C(C)C)cc1N. The van der Waals surface area contributed by atoms with Crippen molar-refractivity contribution in [1.29, 1.82) is 0 Å². The summed E-state index contributed by atoms with van der Waals surface area (Å²) in [4.78, 5) is -0.352. The second kappa shape index (κ2) is 6.10. The molecular weight excluding hydrogens is 279 g/mol. The molecular formula is C14H23FN2O2S. The highest BCUT2D eigenvalue weighted by atomic mass is 32.2. The van der Waals surface area contributed by atoms with E-state index in [0.29, 0.717) is 12.1 Å². The van der Waals surface area contributed by atoms with Crippen LogP contribution in [0.2, 0.25) is 0 Å². The first-order valence-electron chi connectivity index (χ1n) is 6.64. The molecule has 4 nitrogen and oxygen atoms in total. The van der Waals surface area contributed by atoms with Gasteiger partial charge in [0.05, 0.1) is 0 Å². The van der Waals surface area contributed by atoms with E-state index in [4.69, 9.17) is 5.73 Å². The van der Waals surface area contributed by atoms with Gasteiger partial charge in [0.1, 0.15) is 10.7 Å². The van der Waals surface area contributed by atoms with Gasteiger partial charge in [0.2, 0.25) is 10.0 Å². The molecule has 0 aromatic heterocycles. The van der Waals surface area contributed by atoms with Crippen LogP contribution in [0.4, 0.5) is 10.1 Å². The molecule has 0 aliphatic rings. The van der Waals surface area contributed by atoms with Crippen molar-refractivity contribution in [2.24, 2.45) is 5.92 Å². The minimum absolute atomic E-state index is 0.151. The first kappa shape index (κ1) is 16.9. The number of nitrogen functional groups attached to an aromatic ring is 1. The summed E-state index contributed by atoms with van der Waals surface area (Å²) >= 11 is 0. The number of hydrogen-bond acceptors (Lipinski definition) is 3. The third-order valence-electron chi connectivity index (χ3n) is 3.03. The van der Waals surface area contributed by atoms with E-state index in [9.17, 15) is 12.8 Å². The van der Waals surface area contributed by atoms with Crippen molar-refractivity contribution in [3.63, 3.8) is 0 Å². The molecule has 1 rings (SSSR count). The molecule has 6 heteroatoms. The van der Waals surface area contributed by atoms with E-state index in [1.54, 1.807) is 20.8 Å². The van der Waals surface area contributed by atoms with E-state index in [1.807, 2.05) is 13.8 Å². The second-order valence-corrected chi connectivity index (χ2v) is 7.56. The van der Waals surface area contributed by atoms with Crippen LogP contribution in [0.25, 0.3) is 0 Å². The highest BCUT2D eigenvalue weighted by Gasteiger charge is 2.30. The number of nitrogens with two attached hydrogens (primary N) is 1. The predicted molar refractivity (Wildman–Crippen MR) is 79.4 cm³/mol. The topological polar surface area (TPSA) is 63.4 Å². The van der Waals surface area contributed by atoms with E-state index in [-0.39, 0.29) is 22.5 Å². The number of benzene rings is 1. The first-order valence-corrected chi connectivity index (χ1v) is 8.08. The van der Waals surface area contributed by atoms with Crippen LogP contribution in [0, 0.1) is 18.7 Å². The monoisotopic (exact) mass is 302 g/mol. The molecule has 0 atom stereocenters. The third kappa shape index (κ3) is 3.49. The zero-order valence-corrected chi connectivity index (χ0v) is 13.5. The highest BCUT2D eigenvalue weighted by Crippen LogP contribution is 2.26. The number of hydrogen-bond donors (Lipinski definition) is 1. The molecule has 1 aromatic carbocycles. The van der Waals surface area contributed by atoms with Gasteiger partial charge < -0.3 is 5.73 Å². The van der Waals surface area contributed by atoms with Crippen LogP contribution in [0.1, 0.15) is 33.3 Å². The van der Waals surface area contributed by atoms with Gasteiger partial charge in [-0.1, -0.05) is 13.8 Å². The fourth-order valence-corrected chi connectivity index (χ4v) is 3.82. The van der Waals surface area contributed by atoms with Crippen LogP contribution in [0.3, 0.4) is 0 Å². The molecule has 0 radical (unpaired) electrons. The Kier molecular flexibility index (Phi) is 5.15. The zero-order chi connectivity index (χ0) is 15.7. The van der Waals surface area contributed by atoms with Gasteiger partial charge in [0, 0.05) is 18.3 Å². The summed E-state index contributed by atoms with van der Waals surface area (Å²) in [5.41, 5.74) is 6.52. The zero-order valence-electron chi connectivity index (χ0n) is 12.6. The summed E-state index contributed by atoms with van der Waals surface area (Å²) < 4.78 is 40.6. The van der Waals surface area contributed by atoms with Gasteiger partial charge in [0.15, 0.2) is 0 Å². The molecule has 0 unspecified atom stereocenters. The van der Waals surface area contributed by atoms with E-state index in [0.717, 1.165) is 6.07 Å². The smallest absolute Gasteiger partial charge is 0.246 e. The highest BCUT2D eigenvalue weighted by molar-refractivity contribution is 7.89. The van der Waals surface area contributed by atoms with Crippen LogP contribution < -0.4 is 5.73 Å². The molecule has 0 bridgehead atoms. The van der Waals surface area contributed by atoms with Crippen molar-refractivity contribution in [2.45, 2.75) is 45.6 Å². The summed E-state index contributed by atoms with van der Waals surface area (Å²) in [6.45, 7) is 9.37. The van der Waals surface area contributed by atoms with E-state index in [1.165, 1.54) is 10.4 Å². The van der Waals surface area contributed by atoms with E-state index in [2.05, 4.69) is 0 Å². The maximum atomic E-state index is 14.0. The number of sulfonamides is 1. The van der Waals surface area contributed by atoms with Crippen molar-refractivity contribution in [1.82, 2.24) is 4.31 Å². The first-order chi connectivity index (χ1) is 9.07. The molecule has 0 fully saturated rings. The van der Waals surface area contributed by atoms with Gasteiger partial charge >= 0.3 is 0 Å². The van der Waals surface area contributed by atoms with Gasteiger partial charge in [-0.3, -0.25) is 0 Å². The van der Waals surface area contributed by atoms with Crippen molar-refractivity contribution in [3.05, 3.63) is 23.5 Å². The number of halogens is 1. The Bertz CT molecular complexity index is 583. The Balaban J connectivity index is 3.37. The molecule has 114 valence electrons. The van der Waals surface area contributed by atoms with Crippen molar-refractivity contribution in [2.75, 3.05) is 12.3 Å². The van der Waals surface area contributed by atoms with Crippen LogP contribution in [-0.2, 0) is 10.0 Å². The van der Waals surface area contributed by atoms with Gasteiger partial charge in [-0.15, -0.1) is 0 Å². The lowest BCUT2D eigenvalue weighted by molar-refractivity contribution is 0.317. The number of rotatable bonds is 5. The average molecular weight is 302 g/mol. The summed E-state index contributed by atoms with van der Waals surface area (Å²) in [6, 6.07) is 2.12. The Morgan fingerprint density at radius 2 is 1.80 bits per heavy atom. The summed E-state index contributed by atoms with van der Waals surface area (Å²) in [5, 5.41) is 0. The van der Waals surface area contributed by atoms with Crippen LogP contribution in [0.5, 0.6) is 0 Å². The summed E-state index contributed by atoms with van der Waals surface area (Å²) in [5.74, 6) is -0.607. The molecule has 2 N–H and O–H groups in total. The van der Waals surface area contributed by atoms with Gasteiger partial charge in [0.25, 0.3) is 0 Å². The fraction of sp³-hybridized carbons (Fsp3) is 0.571. The predicted octanol–water partition coefficient (Wildman–Crippen LogP) is 2.77. The number of anilines is 1. The quantitative estimate of drug-likeness (QED) is 0.851. The molecule has 0 aliphatic carbocycles. The maximum Gasteiger partial charge on any atom is 0.246 e. The van der Waals surface area contributed by atoms with Crippen LogP contribution >= 0.6 is 0 Å². The van der Waals surface area contributed by atoms with Crippen molar-refractivity contribution in [3.8, 4) is 0 Å². The molecule has 0 spiro atoms. The lowest BCUT2D eigenvalue weighted by Crippen LogP contribution is -2.39. The number of nitrogens with zero attached hydrogens (tertiary/aromatic N) is 1. The number of aryl methyl sites for hydroxylation is 1. The maximum absolute atomic E-state index is 14.0. The minimum atomic E-state index is -3.89. The van der Waals surface area contributed by atoms with E-state index < -0.39 is 15.8 Å².